The van der Waals surface area contributed by atoms with Crippen LogP contribution in [0.4, 0.5) is 0 Å². The Morgan fingerprint density at radius 1 is 1.30 bits per heavy atom. The van der Waals surface area contributed by atoms with Gasteiger partial charge in [-0.1, -0.05) is 17.7 Å². The number of aryl methyl sites for hydroxylation is 1. The second kappa shape index (κ2) is 7.26. The average molecular weight is 403 g/mol. The molecule has 27 heavy (non-hydrogen) atoms. The highest BCUT2D eigenvalue weighted by Crippen LogP contribution is 2.32. The van der Waals surface area contributed by atoms with Crippen molar-refractivity contribution in [2.24, 2.45) is 0 Å². The van der Waals surface area contributed by atoms with E-state index in [1.807, 2.05) is 53.9 Å². The summed E-state index contributed by atoms with van der Waals surface area (Å²) in [5.41, 5.74) is 1.83. The first-order valence-corrected chi connectivity index (χ1v) is 10.3. The molecule has 3 aromatic rings. The van der Waals surface area contributed by atoms with Gasteiger partial charge < -0.3 is 9.80 Å². The summed E-state index contributed by atoms with van der Waals surface area (Å²) < 4.78 is 1.88. The van der Waals surface area contributed by atoms with Gasteiger partial charge in [-0.25, -0.2) is 4.68 Å². The molecule has 0 N–H and O–H groups in total. The minimum Gasteiger partial charge on any atom is -0.338 e. The molecule has 142 valence electrons. The first-order valence-electron chi connectivity index (χ1n) is 9.15. The zero-order valence-corrected chi connectivity index (χ0v) is 17.3. The Morgan fingerprint density at radius 2 is 2.04 bits per heavy atom. The van der Waals surface area contributed by atoms with Gasteiger partial charge in [-0.05, 0) is 64.2 Å². The molecule has 5 nitrogen and oxygen atoms in total. The topological polar surface area (TPSA) is 41.4 Å². The zero-order chi connectivity index (χ0) is 19.1. The SMILES string of the molecule is Cc1nn(-c2cccc(Cl)c2)c2sc(C(=O)N(C)C3CCN(C)CC3)cc12. The predicted octanol–water partition coefficient (Wildman–Crippen LogP) is 4.22. The lowest BCUT2D eigenvalue weighted by Gasteiger charge is -2.34. The van der Waals surface area contributed by atoms with Crippen LogP contribution in [-0.2, 0) is 0 Å². The Kier molecular flexibility index (Phi) is 4.97. The molecular weight excluding hydrogens is 380 g/mol. The third-order valence-corrected chi connectivity index (χ3v) is 6.70. The van der Waals surface area contributed by atoms with Crippen LogP contribution in [0.1, 0.15) is 28.2 Å². The van der Waals surface area contributed by atoms with Crippen LogP contribution in [-0.4, -0.2) is 58.7 Å². The third kappa shape index (κ3) is 3.49. The van der Waals surface area contributed by atoms with Crippen molar-refractivity contribution in [2.45, 2.75) is 25.8 Å². The first kappa shape index (κ1) is 18.5. The fourth-order valence-electron chi connectivity index (χ4n) is 3.66. The Labute approximate surface area is 168 Å². The normalized spacial score (nSPS) is 16.1. The zero-order valence-electron chi connectivity index (χ0n) is 15.8. The minimum absolute atomic E-state index is 0.0998. The third-order valence-electron chi connectivity index (χ3n) is 5.36. The molecule has 1 saturated heterocycles. The number of nitrogens with zero attached hydrogens (tertiary/aromatic N) is 4. The Hall–Kier alpha value is -1.89. The van der Waals surface area contributed by atoms with Crippen LogP contribution in [0.3, 0.4) is 0 Å². The van der Waals surface area contributed by atoms with Crippen LogP contribution in [0, 0.1) is 6.92 Å². The number of likely N-dealkylation sites (tertiary alicyclic amines) is 1. The minimum atomic E-state index is 0.0998. The van der Waals surface area contributed by atoms with Crippen molar-refractivity contribution in [3.8, 4) is 5.69 Å². The van der Waals surface area contributed by atoms with Crippen molar-refractivity contribution in [3.63, 3.8) is 0 Å². The molecule has 3 heterocycles. The fraction of sp³-hybridized carbons (Fsp3) is 0.400. The number of aromatic nitrogens is 2. The van der Waals surface area contributed by atoms with Gasteiger partial charge in [-0.2, -0.15) is 5.10 Å². The first-order chi connectivity index (χ1) is 12.9. The van der Waals surface area contributed by atoms with Crippen molar-refractivity contribution in [2.75, 3.05) is 27.2 Å². The second-order valence-electron chi connectivity index (χ2n) is 7.26. The highest BCUT2D eigenvalue weighted by molar-refractivity contribution is 7.20. The molecule has 1 aliphatic rings. The van der Waals surface area contributed by atoms with Gasteiger partial charge >= 0.3 is 0 Å². The molecule has 0 aliphatic carbocycles. The van der Waals surface area contributed by atoms with Gasteiger partial charge in [0.1, 0.15) is 4.83 Å². The molecule has 2 aromatic heterocycles. The van der Waals surface area contributed by atoms with Gasteiger partial charge in [0.2, 0.25) is 0 Å². The van der Waals surface area contributed by atoms with Crippen LogP contribution >= 0.6 is 22.9 Å². The number of halogens is 1. The molecule has 1 fully saturated rings. The van der Waals surface area contributed by atoms with E-state index in [-0.39, 0.29) is 5.91 Å². The van der Waals surface area contributed by atoms with Gasteiger partial charge in [0, 0.05) is 23.5 Å². The summed E-state index contributed by atoms with van der Waals surface area (Å²) in [7, 11) is 4.06. The molecule has 7 heteroatoms. The summed E-state index contributed by atoms with van der Waals surface area (Å²) in [4.78, 5) is 19.1. The van der Waals surface area contributed by atoms with Crippen molar-refractivity contribution in [3.05, 3.63) is 45.9 Å². The molecule has 4 rings (SSSR count). The lowest BCUT2D eigenvalue weighted by Crippen LogP contribution is -2.44. The van der Waals surface area contributed by atoms with E-state index < -0.39 is 0 Å². The largest absolute Gasteiger partial charge is 0.338 e. The number of amides is 1. The molecule has 0 bridgehead atoms. The average Bonchev–Trinajstić information content (AvgIpc) is 3.22. The van der Waals surface area contributed by atoms with Crippen molar-refractivity contribution < 1.29 is 4.79 Å². The van der Waals surface area contributed by atoms with E-state index in [2.05, 4.69) is 17.0 Å². The number of carbonyl (C=O) groups is 1. The lowest BCUT2D eigenvalue weighted by atomic mass is 10.0. The summed E-state index contributed by atoms with van der Waals surface area (Å²) in [6.07, 6.45) is 2.05. The molecule has 0 spiro atoms. The second-order valence-corrected chi connectivity index (χ2v) is 8.72. The Balaban J connectivity index is 1.65. The summed E-state index contributed by atoms with van der Waals surface area (Å²) in [5, 5.41) is 6.34. The Bertz CT molecular complexity index is 987. The van der Waals surface area contributed by atoms with Crippen LogP contribution in [0.25, 0.3) is 15.9 Å². The number of thiophene rings is 1. The maximum Gasteiger partial charge on any atom is 0.264 e. The van der Waals surface area contributed by atoms with Crippen LogP contribution in [0.5, 0.6) is 0 Å². The quantitative estimate of drug-likeness (QED) is 0.658. The van der Waals surface area contributed by atoms with Crippen LogP contribution in [0.15, 0.2) is 30.3 Å². The summed E-state index contributed by atoms with van der Waals surface area (Å²) >= 11 is 7.65. The lowest BCUT2D eigenvalue weighted by molar-refractivity contribution is 0.0664. The highest BCUT2D eigenvalue weighted by atomic mass is 35.5. The number of hydrogen-bond donors (Lipinski definition) is 0. The van der Waals surface area contributed by atoms with Crippen molar-refractivity contribution >= 4 is 39.1 Å². The van der Waals surface area contributed by atoms with Crippen LogP contribution < -0.4 is 0 Å². The summed E-state index contributed by atoms with van der Waals surface area (Å²) in [6.45, 7) is 4.06. The maximum absolute atomic E-state index is 13.1. The molecule has 0 unspecified atom stereocenters. The molecule has 1 aliphatic heterocycles. The van der Waals surface area contributed by atoms with E-state index in [1.54, 1.807) is 0 Å². The number of carbonyl (C=O) groups excluding carboxylic acids is 1. The fourth-order valence-corrected chi connectivity index (χ4v) is 5.01. The molecular formula is C20H23ClN4OS. The number of rotatable bonds is 3. The predicted molar refractivity (Wildman–Crippen MR) is 111 cm³/mol. The van der Waals surface area contributed by atoms with E-state index in [9.17, 15) is 4.79 Å². The van der Waals surface area contributed by atoms with Gasteiger partial charge in [-0.3, -0.25) is 4.79 Å². The summed E-state index contributed by atoms with van der Waals surface area (Å²) in [6, 6.07) is 9.91. The molecule has 1 aromatic carbocycles. The van der Waals surface area contributed by atoms with Crippen LogP contribution in [0.2, 0.25) is 5.02 Å². The number of benzene rings is 1. The van der Waals surface area contributed by atoms with E-state index in [4.69, 9.17) is 11.6 Å². The van der Waals surface area contributed by atoms with Gasteiger partial charge in [-0.15, -0.1) is 11.3 Å². The van der Waals surface area contributed by atoms with E-state index in [1.165, 1.54) is 11.3 Å². The molecule has 0 radical (unpaired) electrons. The highest BCUT2D eigenvalue weighted by Gasteiger charge is 2.26. The van der Waals surface area contributed by atoms with Crippen molar-refractivity contribution in [1.82, 2.24) is 19.6 Å². The van der Waals surface area contributed by atoms with E-state index in [0.29, 0.717) is 11.1 Å². The number of hydrogen-bond acceptors (Lipinski definition) is 4. The Morgan fingerprint density at radius 3 is 2.74 bits per heavy atom. The van der Waals surface area contributed by atoms with E-state index in [0.717, 1.165) is 52.4 Å². The smallest absolute Gasteiger partial charge is 0.264 e. The van der Waals surface area contributed by atoms with Gasteiger partial charge in [0.25, 0.3) is 5.91 Å². The van der Waals surface area contributed by atoms with Gasteiger partial charge in [0.15, 0.2) is 0 Å². The maximum atomic E-state index is 13.1. The summed E-state index contributed by atoms with van der Waals surface area (Å²) in [5.74, 6) is 0.0998. The number of fused-ring (bicyclic) bond motifs is 1. The van der Waals surface area contributed by atoms with Gasteiger partial charge in [0.05, 0.1) is 16.3 Å². The monoisotopic (exact) mass is 402 g/mol. The molecule has 0 atom stereocenters. The number of piperidine rings is 1. The molecule has 1 amide bonds. The standard InChI is InChI=1S/C20H23ClN4OS/c1-13-17-12-18(19(26)24(3)15-7-9-23(2)10-8-15)27-20(17)25(22-13)16-6-4-5-14(21)11-16/h4-6,11-12,15H,7-10H2,1-3H3. The molecule has 0 saturated carbocycles. The van der Waals surface area contributed by atoms with Crippen molar-refractivity contribution in [1.29, 1.82) is 0 Å². The van der Waals surface area contributed by atoms with E-state index >= 15 is 0 Å².